The Morgan fingerprint density at radius 1 is 1.09 bits per heavy atom. The van der Waals surface area contributed by atoms with Crippen molar-refractivity contribution in [1.29, 1.82) is 0 Å². The van der Waals surface area contributed by atoms with Crippen molar-refractivity contribution in [2.24, 2.45) is 0 Å². The Morgan fingerprint density at radius 3 is 2.23 bits per heavy atom. The van der Waals surface area contributed by atoms with E-state index in [-0.39, 0.29) is 31.7 Å². The lowest BCUT2D eigenvalue weighted by Crippen LogP contribution is -2.32. The molecular formula is C15H22N2O5. The third-order valence-corrected chi connectivity index (χ3v) is 3.10. The lowest BCUT2D eigenvalue weighted by molar-refractivity contribution is -0.144. The minimum Gasteiger partial charge on any atom is -0.466 e. The summed E-state index contributed by atoms with van der Waals surface area (Å²) in [6.45, 7) is 7.19. The van der Waals surface area contributed by atoms with Crippen LogP contribution < -0.4 is 5.56 Å². The molecule has 0 saturated carbocycles. The molecule has 0 aliphatic rings. The van der Waals surface area contributed by atoms with Crippen molar-refractivity contribution in [1.82, 2.24) is 9.55 Å². The number of aryl methyl sites for hydroxylation is 1. The maximum absolute atomic E-state index is 12.5. The minimum absolute atomic E-state index is 0.0483. The summed E-state index contributed by atoms with van der Waals surface area (Å²) >= 11 is 0. The number of nitrogens with zero attached hydrogens (tertiary/aromatic N) is 2. The number of ether oxygens (including phenoxy) is 2. The lowest BCUT2D eigenvalue weighted by Gasteiger charge is -2.13. The van der Waals surface area contributed by atoms with E-state index in [1.165, 1.54) is 4.57 Å². The Labute approximate surface area is 129 Å². The number of esters is 2. The summed E-state index contributed by atoms with van der Waals surface area (Å²) in [7, 11) is 0. The maximum atomic E-state index is 12.5. The van der Waals surface area contributed by atoms with E-state index in [4.69, 9.17) is 9.47 Å². The van der Waals surface area contributed by atoms with Crippen LogP contribution in [0.15, 0.2) is 4.79 Å². The highest BCUT2D eigenvalue weighted by atomic mass is 16.5. The van der Waals surface area contributed by atoms with Gasteiger partial charge in [-0.3, -0.25) is 19.0 Å². The maximum Gasteiger partial charge on any atom is 0.326 e. The molecule has 0 atom stereocenters. The standard InChI is InChI=1S/C15H22N2O5/c1-5-11-12(8-13(18)21-6-2)16-10(4)17(15(11)20)9-14(19)22-7-3/h5-9H2,1-4H3. The molecule has 1 heterocycles. The van der Waals surface area contributed by atoms with E-state index >= 15 is 0 Å². The van der Waals surface area contributed by atoms with E-state index in [2.05, 4.69) is 4.98 Å². The first-order valence-corrected chi connectivity index (χ1v) is 7.34. The number of aromatic nitrogens is 2. The summed E-state index contributed by atoms with van der Waals surface area (Å²) in [4.78, 5) is 40.0. The van der Waals surface area contributed by atoms with Crippen LogP contribution >= 0.6 is 0 Å². The van der Waals surface area contributed by atoms with E-state index in [0.717, 1.165) is 0 Å². The normalized spacial score (nSPS) is 10.4. The zero-order chi connectivity index (χ0) is 16.7. The van der Waals surface area contributed by atoms with Gasteiger partial charge in [0.1, 0.15) is 12.4 Å². The van der Waals surface area contributed by atoms with Crippen molar-refractivity contribution in [3.8, 4) is 0 Å². The molecule has 0 amide bonds. The number of hydrogen-bond donors (Lipinski definition) is 0. The Kier molecular flexibility index (Phi) is 6.75. The van der Waals surface area contributed by atoms with Gasteiger partial charge in [0.25, 0.3) is 5.56 Å². The fourth-order valence-corrected chi connectivity index (χ4v) is 2.13. The molecule has 0 radical (unpaired) electrons. The molecule has 0 unspecified atom stereocenters. The Bertz CT molecular complexity index is 607. The van der Waals surface area contributed by atoms with Crippen molar-refractivity contribution in [2.45, 2.75) is 47.1 Å². The van der Waals surface area contributed by atoms with Crippen LogP contribution in [0.4, 0.5) is 0 Å². The predicted molar refractivity (Wildman–Crippen MR) is 79.6 cm³/mol. The second-order valence-corrected chi connectivity index (χ2v) is 4.62. The zero-order valence-electron chi connectivity index (χ0n) is 13.5. The molecule has 0 fully saturated rings. The Morgan fingerprint density at radius 2 is 1.68 bits per heavy atom. The third-order valence-electron chi connectivity index (χ3n) is 3.10. The molecule has 0 N–H and O–H groups in total. The zero-order valence-corrected chi connectivity index (χ0v) is 13.5. The molecule has 0 aromatic carbocycles. The van der Waals surface area contributed by atoms with Gasteiger partial charge in [0.05, 0.1) is 25.3 Å². The smallest absolute Gasteiger partial charge is 0.326 e. The first-order chi connectivity index (χ1) is 10.4. The molecule has 0 aliphatic heterocycles. The number of carbonyl (C=O) groups excluding carboxylic acids is 2. The summed E-state index contributed by atoms with van der Waals surface area (Å²) in [6, 6.07) is 0. The fraction of sp³-hybridized carbons (Fsp3) is 0.600. The van der Waals surface area contributed by atoms with Crippen LogP contribution in [0.5, 0.6) is 0 Å². The van der Waals surface area contributed by atoms with Crippen LogP contribution in [0.3, 0.4) is 0 Å². The van der Waals surface area contributed by atoms with Gasteiger partial charge in [-0.15, -0.1) is 0 Å². The van der Waals surface area contributed by atoms with E-state index in [9.17, 15) is 14.4 Å². The van der Waals surface area contributed by atoms with Gasteiger partial charge < -0.3 is 9.47 Å². The lowest BCUT2D eigenvalue weighted by atomic mass is 10.1. The van der Waals surface area contributed by atoms with Crippen LogP contribution in [-0.4, -0.2) is 34.7 Å². The number of hydrogen-bond acceptors (Lipinski definition) is 6. The van der Waals surface area contributed by atoms with E-state index in [1.54, 1.807) is 27.7 Å². The molecule has 1 aromatic heterocycles. The van der Waals surface area contributed by atoms with Crippen LogP contribution in [0.1, 0.15) is 37.9 Å². The van der Waals surface area contributed by atoms with Gasteiger partial charge >= 0.3 is 11.9 Å². The molecule has 0 aliphatic carbocycles. The van der Waals surface area contributed by atoms with E-state index in [0.29, 0.717) is 23.5 Å². The van der Waals surface area contributed by atoms with Gasteiger partial charge in [-0.2, -0.15) is 0 Å². The summed E-state index contributed by atoms with van der Waals surface area (Å²) in [5.74, 6) is -0.545. The van der Waals surface area contributed by atoms with Crippen molar-refractivity contribution < 1.29 is 19.1 Å². The SMILES string of the molecule is CCOC(=O)Cc1nc(C)n(CC(=O)OCC)c(=O)c1CC. The molecule has 1 rings (SSSR count). The monoisotopic (exact) mass is 310 g/mol. The van der Waals surface area contributed by atoms with Crippen molar-refractivity contribution in [2.75, 3.05) is 13.2 Å². The Hall–Kier alpha value is -2.18. The minimum atomic E-state index is -0.491. The summed E-state index contributed by atoms with van der Waals surface area (Å²) in [6.07, 6.45) is 0.372. The highest BCUT2D eigenvalue weighted by Crippen LogP contribution is 2.07. The van der Waals surface area contributed by atoms with Crippen LogP contribution in [0, 0.1) is 6.92 Å². The van der Waals surface area contributed by atoms with Gasteiger partial charge in [0.2, 0.25) is 0 Å². The average molecular weight is 310 g/mol. The van der Waals surface area contributed by atoms with Gasteiger partial charge in [0, 0.05) is 5.56 Å². The largest absolute Gasteiger partial charge is 0.466 e. The average Bonchev–Trinajstić information content (AvgIpc) is 2.44. The quantitative estimate of drug-likeness (QED) is 0.692. The summed E-state index contributed by atoms with van der Waals surface area (Å²) < 4.78 is 11.0. The highest BCUT2D eigenvalue weighted by Gasteiger charge is 2.18. The van der Waals surface area contributed by atoms with Crippen molar-refractivity contribution in [3.63, 3.8) is 0 Å². The van der Waals surface area contributed by atoms with Gasteiger partial charge in [-0.05, 0) is 27.2 Å². The summed E-state index contributed by atoms with van der Waals surface area (Å²) in [5, 5.41) is 0. The van der Waals surface area contributed by atoms with Gasteiger partial charge in [0.15, 0.2) is 0 Å². The van der Waals surface area contributed by atoms with Crippen LogP contribution in [0.25, 0.3) is 0 Å². The first-order valence-electron chi connectivity index (χ1n) is 7.34. The number of carbonyl (C=O) groups is 2. The van der Waals surface area contributed by atoms with E-state index in [1.807, 2.05) is 0 Å². The molecule has 1 aromatic rings. The first kappa shape index (κ1) is 17.9. The Balaban J connectivity index is 3.16. The second kappa shape index (κ2) is 8.31. The molecular weight excluding hydrogens is 288 g/mol. The topological polar surface area (TPSA) is 87.5 Å². The molecule has 0 saturated heterocycles. The molecule has 0 bridgehead atoms. The molecule has 7 heteroatoms. The van der Waals surface area contributed by atoms with E-state index < -0.39 is 11.9 Å². The summed E-state index contributed by atoms with van der Waals surface area (Å²) in [5.41, 5.74) is 0.508. The molecule has 122 valence electrons. The molecule has 22 heavy (non-hydrogen) atoms. The predicted octanol–water partition coefficient (Wildman–Crippen LogP) is 0.783. The fourth-order valence-electron chi connectivity index (χ4n) is 2.13. The third kappa shape index (κ3) is 4.41. The molecule has 7 nitrogen and oxygen atoms in total. The van der Waals surface area contributed by atoms with Crippen molar-refractivity contribution in [3.05, 3.63) is 27.4 Å². The van der Waals surface area contributed by atoms with Gasteiger partial charge in [-0.1, -0.05) is 6.92 Å². The highest BCUT2D eigenvalue weighted by molar-refractivity contribution is 5.72. The van der Waals surface area contributed by atoms with Gasteiger partial charge in [-0.25, -0.2) is 4.98 Å². The molecule has 0 spiro atoms. The second-order valence-electron chi connectivity index (χ2n) is 4.62. The van der Waals surface area contributed by atoms with Crippen LogP contribution in [0.2, 0.25) is 0 Å². The van der Waals surface area contributed by atoms with Crippen molar-refractivity contribution >= 4 is 11.9 Å². The number of rotatable bonds is 7. The van der Waals surface area contributed by atoms with Crippen LogP contribution in [-0.2, 0) is 38.4 Å².